The maximum Gasteiger partial charge on any atom is 0.306 e. The van der Waals surface area contributed by atoms with Crippen molar-refractivity contribution in [1.29, 1.82) is 0 Å². The summed E-state index contributed by atoms with van der Waals surface area (Å²) in [6.07, 6.45) is 65.0. The van der Waals surface area contributed by atoms with Gasteiger partial charge in [0.1, 0.15) is 19.3 Å². The molecule has 0 bridgehead atoms. The van der Waals surface area contributed by atoms with Crippen LogP contribution in [0.1, 0.15) is 290 Å². The number of phosphoric acid groups is 1. The number of carbonyl (C=O) groups excluding carboxylic acids is 2. The van der Waals surface area contributed by atoms with Crippen LogP contribution in [0, 0.1) is 0 Å². The summed E-state index contributed by atoms with van der Waals surface area (Å²) < 4.78 is 30.3. The highest BCUT2D eigenvalue weighted by molar-refractivity contribution is 7.45. The van der Waals surface area contributed by atoms with Gasteiger partial charge in [0.25, 0.3) is 7.82 Å². The second-order valence-corrected chi connectivity index (χ2v) is 23.6. The first-order chi connectivity index (χ1) is 35.4. The van der Waals surface area contributed by atoms with Gasteiger partial charge in [-0.15, -0.1) is 0 Å². The molecule has 0 aliphatic heterocycles. The van der Waals surface area contributed by atoms with Crippen LogP contribution in [0.5, 0.6) is 0 Å². The molecule has 1 amide bonds. The number of unbranched alkanes of at least 4 members (excludes halogenated alkanes) is 34. The zero-order chi connectivity index (χ0) is 53.6. The zero-order valence-corrected chi connectivity index (χ0v) is 49.7. The van der Waals surface area contributed by atoms with Crippen molar-refractivity contribution in [2.75, 3.05) is 40.9 Å². The van der Waals surface area contributed by atoms with Crippen LogP contribution in [0.15, 0.2) is 48.6 Å². The summed E-state index contributed by atoms with van der Waals surface area (Å²) in [5.41, 5.74) is 0. The number of esters is 1. The van der Waals surface area contributed by atoms with Crippen LogP contribution in [0.25, 0.3) is 0 Å². The van der Waals surface area contributed by atoms with Gasteiger partial charge >= 0.3 is 5.97 Å². The molecule has 0 radical (unpaired) electrons. The van der Waals surface area contributed by atoms with Gasteiger partial charge in [0.2, 0.25) is 5.91 Å². The molecule has 0 rings (SSSR count). The van der Waals surface area contributed by atoms with E-state index >= 15 is 0 Å². The number of rotatable bonds is 56. The topological polar surface area (TPSA) is 114 Å². The number of allylic oxidation sites excluding steroid dienone is 7. The van der Waals surface area contributed by atoms with Crippen molar-refractivity contribution in [1.82, 2.24) is 5.32 Å². The van der Waals surface area contributed by atoms with Gasteiger partial charge in [-0.3, -0.25) is 14.2 Å². The van der Waals surface area contributed by atoms with Gasteiger partial charge in [0, 0.05) is 12.8 Å². The normalized spacial score (nSPS) is 14.0. The van der Waals surface area contributed by atoms with E-state index in [1.54, 1.807) is 0 Å². The van der Waals surface area contributed by atoms with Crippen LogP contribution < -0.4 is 10.2 Å². The number of hydrogen-bond acceptors (Lipinski definition) is 7. The molecule has 0 aromatic heterocycles. The quantitative estimate of drug-likeness (QED) is 0.0212. The number of likely N-dealkylation sites (N-methyl/N-ethyl adjacent to an activating group) is 1. The minimum atomic E-state index is -4.69. The van der Waals surface area contributed by atoms with Gasteiger partial charge in [0.05, 0.1) is 33.8 Å². The molecule has 9 nitrogen and oxygen atoms in total. The molecule has 3 unspecified atom stereocenters. The Labute approximate surface area is 452 Å². The van der Waals surface area contributed by atoms with Crippen molar-refractivity contribution < 1.29 is 37.3 Å². The van der Waals surface area contributed by atoms with Crippen LogP contribution in [-0.4, -0.2) is 69.4 Å². The van der Waals surface area contributed by atoms with Gasteiger partial charge < -0.3 is 28.5 Å². The maximum atomic E-state index is 13.5. The number of quaternary nitrogens is 1. The number of carbonyl (C=O) groups is 2. The number of nitrogens with zero attached hydrogens (tertiary/aromatic N) is 1. The number of amides is 1. The number of nitrogens with one attached hydrogen (secondary N) is 1. The molecular weight excluding hydrogens is 928 g/mol. The van der Waals surface area contributed by atoms with Crippen molar-refractivity contribution in [3.63, 3.8) is 0 Å². The molecule has 428 valence electrons. The molecule has 0 aliphatic rings. The Bertz CT molecular complexity index is 1390. The molecule has 3 atom stereocenters. The second-order valence-electron chi connectivity index (χ2n) is 22.2. The standard InChI is InChI=1S/C63H119N2O7P/c1-7-10-13-16-19-22-25-27-28-29-30-31-32-33-34-35-36-38-41-44-47-50-53-56-63(67)72-61(54-51-48-45-42-40-37-26-23-20-17-14-11-8-2)60(59-71-73(68,69)70-58-57-65(4,5)6)64-62(66)55-52-49-46-43-39-24-21-18-15-12-9-3/h19,22,27-28,30-31,51,54,60-61H,7-18,20-21,23-26,29,32-50,52-53,55-59H2,1-6H3,(H-,64,66,68,69)/b22-19-,28-27-,31-30-,54-51-. The fraction of sp³-hybridized carbons (Fsp3) is 0.841. The van der Waals surface area contributed by atoms with Gasteiger partial charge in [-0.1, -0.05) is 256 Å². The Morgan fingerprint density at radius 2 is 0.836 bits per heavy atom. The van der Waals surface area contributed by atoms with Gasteiger partial charge in [-0.25, -0.2) is 0 Å². The van der Waals surface area contributed by atoms with Crippen LogP contribution in [-0.2, 0) is 27.9 Å². The Kier molecular flexibility index (Phi) is 51.9. The molecule has 0 saturated heterocycles. The highest BCUT2D eigenvalue weighted by atomic mass is 31.2. The first-order valence-electron chi connectivity index (χ1n) is 30.9. The lowest BCUT2D eigenvalue weighted by Gasteiger charge is -2.30. The highest BCUT2D eigenvalue weighted by Gasteiger charge is 2.27. The summed E-state index contributed by atoms with van der Waals surface area (Å²) >= 11 is 0. The van der Waals surface area contributed by atoms with E-state index in [-0.39, 0.29) is 31.5 Å². The molecule has 0 spiro atoms. The van der Waals surface area contributed by atoms with E-state index in [4.69, 9.17) is 13.8 Å². The highest BCUT2D eigenvalue weighted by Crippen LogP contribution is 2.38. The van der Waals surface area contributed by atoms with Crippen LogP contribution in [0.2, 0.25) is 0 Å². The lowest BCUT2D eigenvalue weighted by Crippen LogP contribution is -2.47. The third-order valence-corrected chi connectivity index (χ3v) is 14.7. The summed E-state index contributed by atoms with van der Waals surface area (Å²) in [7, 11) is 1.19. The van der Waals surface area contributed by atoms with Crippen LogP contribution in [0.3, 0.4) is 0 Å². The molecule has 1 N–H and O–H groups in total. The first-order valence-corrected chi connectivity index (χ1v) is 32.4. The minimum Gasteiger partial charge on any atom is -0.756 e. The largest absolute Gasteiger partial charge is 0.756 e. The average Bonchev–Trinajstić information content (AvgIpc) is 3.35. The van der Waals surface area contributed by atoms with E-state index in [0.29, 0.717) is 17.4 Å². The van der Waals surface area contributed by atoms with Gasteiger partial charge in [0.15, 0.2) is 0 Å². The Morgan fingerprint density at radius 3 is 1.27 bits per heavy atom. The Morgan fingerprint density at radius 1 is 0.479 bits per heavy atom. The molecule has 0 aromatic carbocycles. The Balaban J connectivity index is 5.16. The predicted octanol–water partition coefficient (Wildman–Crippen LogP) is 18.3. The molecule has 0 fully saturated rings. The minimum absolute atomic E-state index is 0.0216. The summed E-state index contributed by atoms with van der Waals surface area (Å²) in [6.45, 7) is 6.83. The molecule has 0 saturated carbocycles. The maximum absolute atomic E-state index is 13.5. The SMILES string of the molecule is CCCCC/C=C\C/C=C\C/C=C\CCCCCCCCCCCCC(=O)OC(/C=C\CCCCCCCCCCCCC)C(COP(=O)([O-])OCC[N+](C)(C)C)NC(=O)CCCCCCCCCCCCC. The third-order valence-electron chi connectivity index (χ3n) is 13.8. The molecular formula is C63H119N2O7P. The van der Waals surface area contributed by atoms with E-state index < -0.39 is 20.0 Å². The number of hydrogen-bond donors (Lipinski definition) is 1. The van der Waals surface area contributed by atoms with E-state index in [0.717, 1.165) is 70.6 Å². The third kappa shape index (κ3) is 54.6. The van der Waals surface area contributed by atoms with Gasteiger partial charge in [-0.2, -0.15) is 0 Å². The van der Waals surface area contributed by atoms with Gasteiger partial charge in [-0.05, 0) is 70.3 Å². The van der Waals surface area contributed by atoms with Crippen molar-refractivity contribution in [3.8, 4) is 0 Å². The summed E-state index contributed by atoms with van der Waals surface area (Å²) in [4.78, 5) is 39.9. The number of phosphoric ester groups is 1. The molecule has 0 aliphatic carbocycles. The predicted molar refractivity (Wildman–Crippen MR) is 312 cm³/mol. The average molecular weight is 1050 g/mol. The molecule has 73 heavy (non-hydrogen) atoms. The molecule has 10 heteroatoms. The lowest BCUT2D eigenvalue weighted by molar-refractivity contribution is -0.870. The van der Waals surface area contributed by atoms with E-state index in [1.165, 1.54) is 186 Å². The first kappa shape index (κ1) is 71.0. The van der Waals surface area contributed by atoms with Crippen LogP contribution >= 0.6 is 7.82 Å². The van der Waals surface area contributed by atoms with Crippen LogP contribution in [0.4, 0.5) is 0 Å². The monoisotopic (exact) mass is 1050 g/mol. The lowest BCUT2D eigenvalue weighted by atomic mass is 10.0. The van der Waals surface area contributed by atoms with E-state index in [1.807, 2.05) is 33.3 Å². The van der Waals surface area contributed by atoms with Crippen molar-refractivity contribution in [2.45, 2.75) is 303 Å². The molecule has 0 heterocycles. The number of ether oxygens (including phenoxy) is 1. The molecule has 0 aromatic rings. The Hall–Kier alpha value is -2.03. The van der Waals surface area contributed by atoms with E-state index in [9.17, 15) is 19.0 Å². The fourth-order valence-corrected chi connectivity index (χ4v) is 9.66. The summed E-state index contributed by atoms with van der Waals surface area (Å²) in [5, 5.41) is 3.02. The van der Waals surface area contributed by atoms with Crippen molar-refractivity contribution in [2.24, 2.45) is 0 Å². The van der Waals surface area contributed by atoms with E-state index in [2.05, 4.69) is 62.5 Å². The second kappa shape index (κ2) is 53.4. The summed E-state index contributed by atoms with van der Waals surface area (Å²) in [6, 6.07) is -0.886. The smallest absolute Gasteiger partial charge is 0.306 e. The summed E-state index contributed by atoms with van der Waals surface area (Å²) in [5.74, 6) is -0.537. The zero-order valence-electron chi connectivity index (χ0n) is 48.8. The fourth-order valence-electron chi connectivity index (χ4n) is 8.94. The van der Waals surface area contributed by atoms with Crippen molar-refractivity contribution in [3.05, 3.63) is 48.6 Å². The van der Waals surface area contributed by atoms with Crippen molar-refractivity contribution >= 4 is 19.7 Å².